The summed E-state index contributed by atoms with van der Waals surface area (Å²) in [4.78, 5) is 26.1. The number of hydrogen-bond acceptors (Lipinski definition) is 4. The molecule has 0 atom stereocenters. The van der Waals surface area contributed by atoms with E-state index in [1.165, 1.54) is 17.2 Å². The van der Waals surface area contributed by atoms with Crippen molar-refractivity contribution in [2.24, 2.45) is 5.10 Å². The van der Waals surface area contributed by atoms with E-state index >= 15 is 0 Å². The van der Waals surface area contributed by atoms with E-state index < -0.39 is 5.91 Å². The van der Waals surface area contributed by atoms with E-state index in [1.54, 1.807) is 42.6 Å². The molecule has 1 amide bonds. The highest BCUT2D eigenvalue weighted by atomic mass is 35.5. The van der Waals surface area contributed by atoms with E-state index in [4.69, 9.17) is 23.2 Å². The summed E-state index contributed by atoms with van der Waals surface area (Å²) in [5.74, 6) is 1.50. The van der Waals surface area contributed by atoms with Gasteiger partial charge in [0, 0.05) is 23.9 Å². The van der Waals surface area contributed by atoms with Crippen LogP contribution >= 0.6 is 23.2 Å². The Hall–Kier alpha value is -2.85. The van der Waals surface area contributed by atoms with Crippen molar-refractivity contribution in [3.63, 3.8) is 0 Å². The monoisotopic (exact) mass is 385 g/mol. The highest BCUT2D eigenvalue weighted by molar-refractivity contribution is 6.35. The fourth-order valence-electron chi connectivity index (χ4n) is 2.53. The lowest BCUT2D eigenvalue weighted by molar-refractivity contribution is 0.0851. The molecule has 1 heterocycles. The number of amides is 1. The van der Waals surface area contributed by atoms with Crippen LogP contribution in [0.2, 0.25) is 10.0 Å². The van der Waals surface area contributed by atoms with Crippen LogP contribution in [-0.2, 0) is 4.79 Å². The average molecular weight is 386 g/mol. The number of carbonyl (C=O) groups excluding carboxylic acids is 2. The van der Waals surface area contributed by atoms with Gasteiger partial charge in [0.25, 0.3) is 5.91 Å². The summed E-state index contributed by atoms with van der Waals surface area (Å²) in [6, 6.07) is 4.66. The van der Waals surface area contributed by atoms with Gasteiger partial charge in [-0.3, -0.25) is 15.1 Å². The Labute approximate surface area is 160 Å². The molecule has 1 aliphatic heterocycles. The summed E-state index contributed by atoms with van der Waals surface area (Å²) in [6.07, 6.45) is 12.1. The van der Waals surface area contributed by atoms with Gasteiger partial charge in [0.15, 0.2) is 0 Å². The molecule has 0 spiro atoms. The lowest BCUT2D eigenvalue weighted by Gasteiger charge is -2.28. The minimum absolute atomic E-state index is 0.225. The van der Waals surface area contributed by atoms with Crippen molar-refractivity contribution in [3.05, 3.63) is 87.4 Å². The molecule has 0 saturated carbocycles. The molecule has 0 aromatic heterocycles. The fourth-order valence-corrected chi connectivity index (χ4v) is 2.90. The van der Waals surface area contributed by atoms with Gasteiger partial charge in [0.2, 0.25) is 0 Å². The SMILES string of the molecule is O=C=C1CC=CC=C1N(C(=O)c1cc(Cl)ccc1Cl)C1=CC=NNC=C1. The van der Waals surface area contributed by atoms with Gasteiger partial charge in [-0.1, -0.05) is 35.4 Å². The van der Waals surface area contributed by atoms with Crippen molar-refractivity contribution in [1.82, 2.24) is 10.3 Å². The average Bonchev–Trinajstić information content (AvgIpc) is 2.93. The standard InChI is InChI=1S/C19H13Cl2N3O2/c20-14-5-6-17(21)16(11-14)19(26)24(15-7-9-22-23-10-8-15)18-4-2-1-3-13(18)12-25/h1-2,4-11,22H,3H2. The molecule has 1 N–H and O–H groups in total. The maximum Gasteiger partial charge on any atom is 0.264 e. The number of nitrogens with zero attached hydrogens (tertiary/aromatic N) is 2. The molecule has 130 valence electrons. The van der Waals surface area contributed by atoms with Crippen LogP contribution in [0.1, 0.15) is 16.8 Å². The molecule has 0 fully saturated rings. The van der Waals surface area contributed by atoms with Gasteiger partial charge < -0.3 is 0 Å². The summed E-state index contributed by atoms with van der Waals surface area (Å²) in [5, 5.41) is 4.56. The Morgan fingerprint density at radius 2 is 2.12 bits per heavy atom. The van der Waals surface area contributed by atoms with E-state index in [9.17, 15) is 9.59 Å². The van der Waals surface area contributed by atoms with E-state index in [1.807, 2.05) is 12.0 Å². The summed E-state index contributed by atoms with van der Waals surface area (Å²) in [6.45, 7) is 0. The van der Waals surface area contributed by atoms with Crippen LogP contribution in [0.5, 0.6) is 0 Å². The Bertz CT molecular complexity index is 952. The quantitative estimate of drug-likeness (QED) is 0.799. The van der Waals surface area contributed by atoms with Crippen LogP contribution in [0.25, 0.3) is 0 Å². The van der Waals surface area contributed by atoms with Crippen molar-refractivity contribution < 1.29 is 9.59 Å². The second kappa shape index (κ2) is 8.02. The first-order valence-electron chi connectivity index (χ1n) is 7.68. The first-order chi connectivity index (χ1) is 12.6. The molecule has 7 heteroatoms. The van der Waals surface area contributed by atoms with E-state index in [0.29, 0.717) is 28.4 Å². The van der Waals surface area contributed by atoms with Crippen molar-refractivity contribution in [2.75, 3.05) is 0 Å². The van der Waals surface area contributed by atoms with Crippen LogP contribution in [0.4, 0.5) is 0 Å². The van der Waals surface area contributed by atoms with Gasteiger partial charge >= 0.3 is 0 Å². The van der Waals surface area contributed by atoms with Crippen molar-refractivity contribution in [1.29, 1.82) is 0 Å². The number of allylic oxidation sites excluding steroid dienone is 6. The predicted molar refractivity (Wildman–Crippen MR) is 103 cm³/mol. The molecule has 3 rings (SSSR count). The second-order valence-corrected chi connectivity index (χ2v) is 6.21. The minimum Gasteiger partial charge on any atom is -0.286 e. The molecular formula is C19H13Cl2N3O2. The third kappa shape index (κ3) is 3.70. The van der Waals surface area contributed by atoms with Gasteiger partial charge in [0.05, 0.1) is 27.6 Å². The van der Waals surface area contributed by atoms with Crippen LogP contribution in [0.15, 0.2) is 76.8 Å². The summed E-state index contributed by atoms with van der Waals surface area (Å²) in [5.41, 5.74) is 4.22. The zero-order valence-corrected chi connectivity index (χ0v) is 15.0. The van der Waals surface area contributed by atoms with Crippen molar-refractivity contribution >= 4 is 41.3 Å². The lowest BCUT2D eigenvalue weighted by atomic mass is 10.0. The largest absolute Gasteiger partial charge is 0.286 e. The van der Waals surface area contributed by atoms with Crippen LogP contribution in [0.3, 0.4) is 0 Å². The molecule has 0 radical (unpaired) electrons. The Kier molecular flexibility index (Phi) is 5.54. The fraction of sp³-hybridized carbons (Fsp3) is 0.0526. The molecule has 0 unspecified atom stereocenters. The minimum atomic E-state index is -0.419. The molecule has 26 heavy (non-hydrogen) atoms. The first-order valence-corrected chi connectivity index (χ1v) is 8.43. The van der Waals surface area contributed by atoms with Crippen LogP contribution < -0.4 is 5.43 Å². The molecule has 1 aromatic carbocycles. The summed E-state index contributed by atoms with van der Waals surface area (Å²) in [7, 11) is 0. The van der Waals surface area contributed by atoms with Crippen molar-refractivity contribution in [2.45, 2.75) is 6.42 Å². The number of halogens is 2. The molecule has 0 saturated heterocycles. The van der Waals surface area contributed by atoms with Gasteiger partial charge in [-0.15, -0.1) is 0 Å². The number of rotatable bonds is 3. The van der Waals surface area contributed by atoms with Crippen LogP contribution in [0, 0.1) is 0 Å². The van der Waals surface area contributed by atoms with Gasteiger partial charge in [-0.25, -0.2) is 4.79 Å². The maximum atomic E-state index is 13.3. The van der Waals surface area contributed by atoms with E-state index in [0.717, 1.165) is 0 Å². The molecule has 0 bridgehead atoms. The summed E-state index contributed by atoms with van der Waals surface area (Å²) >= 11 is 12.3. The maximum absolute atomic E-state index is 13.3. The molecule has 1 aromatic rings. The topological polar surface area (TPSA) is 61.8 Å². The number of benzene rings is 1. The van der Waals surface area contributed by atoms with Crippen molar-refractivity contribution in [3.8, 4) is 0 Å². The third-order valence-corrected chi connectivity index (χ3v) is 4.29. The predicted octanol–water partition coefficient (Wildman–Crippen LogP) is 4.02. The highest BCUT2D eigenvalue weighted by Crippen LogP contribution is 2.30. The number of nitrogens with one attached hydrogen (secondary N) is 1. The number of hydrazone groups is 1. The smallest absolute Gasteiger partial charge is 0.264 e. The molecule has 2 aliphatic rings. The zero-order valence-electron chi connectivity index (χ0n) is 13.4. The molecule has 5 nitrogen and oxygen atoms in total. The van der Waals surface area contributed by atoms with Gasteiger partial charge in [-0.2, -0.15) is 5.10 Å². The van der Waals surface area contributed by atoms with Gasteiger partial charge in [-0.05, 0) is 36.4 Å². The first kappa shape index (κ1) is 18.0. The normalized spacial score (nSPS) is 15.5. The molecular weight excluding hydrogens is 373 g/mol. The van der Waals surface area contributed by atoms with E-state index in [-0.39, 0.29) is 10.6 Å². The summed E-state index contributed by atoms with van der Waals surface area (Å²) < 4.78 is 0. The van der Waals surface area contributed by atoms with Gasteiger partial charge in [0.1, 0.15) is 5.94 Å². The van der Waals surface area contributed by atoms with Crippen LogP contribution in [-0.4, -0.2) is 23.0 Å². The van der Waals surface area contributed by atoms with E-state index in [2.05, 4.69) is 10.5 Å². The second-order valence-electron chi connectivity index (χ2n) is 5.36. The number of carbonyl (C=O) groups is 1. The third-order valence-electron chi connectivity index (χ3n) is 3.73. The zero-order chi connectivity index (χ0) is 18.5. The number of hydrogen-bond donors (Lipinski definition) is 1. The lowest BCUT2D eigenvalue weighted by Crippen LogP contribution is -2.31. The Morgan fingerprint density at radius 1 is 1.27 bits per heavy atom. The molecule has 1 aliphatic carbocycles. The Morgan fingerprint density at radius 3 is 2.92 bits per heavy atom. The highest BCUT2D eigenvalue weighted by Gasteiger charge is 2.27. The Balaban J connectivity index is 2.16.